The van der Waals surface area contributed by atoms with Crippen LogP contribution in [-0.2, 0) is 38.0 Å². The Bertz CT molecular complexity index is 1890. The van der Waals surface area contributed by atoms with Crippen LogP contribution in [0.4, 0.5) is 0 Å². The molecule has 64 heavy (non-hydrogen) atoms. The third-order valence-electron chi connectivity index (χ3n) is 19.1. The summed E-state index contributed by atoms with van der Waals surface area (Å²) in [5.41, 5.74) is -2.36. The Balaban J connectivity index is 1.01. The van der Waals surface area contributed by atoms with Crippen molar-refractivity contribution in [3.05, 3.63) is 23.3 Å². The van der Waals surface area contributed by atoms with Crippen LogP contribution in [0.15, 0.2) is 23.3 Å². The van der Waals surface area contributed by atoms with Gasteiger partial charge in [-0.05, 0) is 117 Å². The zero-order valence-electron chi connectivity index (χ0n) is 38.3. The molecule has 17 heteroatoms. The molecule has 0 unspecified atom stereocenters. The van der Waals surface area contributed by atoms with Crippen molar-refractivity contribution in [3.63, 3.8) is 0 Å². The Hall–Kier alpha value is -1.65. The summed E-state index contributed by atoms with van der Waals surface area (Å²) in [4.78, 5) is 13.8. The van der Waals surface area contributed by atoms with Crippen molar-refractivity contribution in [1.82, 2.24) is 0 Å². The summed E-state index contributed by atoms with van der Waals surface area (Å²) < 4.78 is 43.1. The van der Waals surface area contributed by atoms with Crippen LogP contribution in [0.5, 0.6) is 0 Å². The van der Waals surface area contributed by atoms with E-state index in [1.165, 1.54) is 6.92 Å². The number of aliphatic hydroxyl groups excluding tert-OH is 8. The van der Waals surface area contributed by atoms with E-state index in [1.54, 1.807) is 0 Å². The van der Waals surface area contributed by atoms with Crippen molar-refractivity contribution in [3.8, 4) is 0 Å². The molecule has 5 aliphatic heterocycles. The molecule has 0 aromatic rings. The standard InChI is InChI=1S/C47H72O17/c1-21-28(50)30(52)32(54)37(59-21)63-35-34(62-38-33(55)31(53)29(51)24(19-48)60-38)23(49)20-58-39(35)61-27-12-13-42(4)25(41(27,2)3)11-14-44(6)26(42)10-9-22-36-46(8,57)45(7)16-18-47(36,40(56)64-45)17-15-43(22,44)5/h9-10,21,23-35,37-39,48-55,57H,11-20H2,1-8H3/t21-,23+,24+,25-,26+,27-,28-,29+,30+,31-,32+,33+,34-,35+,37-,38-,39-,42-,43+,44+,45+,46-,47-/m0/s1. The number of fused-ring (bicyclic) bond motifs is 7. The van der Waals surface area contributed by atoms with Crippen LogP contribution in [-0.4, -0.2) is 168 Å². The van der Waals surface area contributed by atoms with Crippen molar-refractivity contribution < 1.29 is 83.9 Å². The van der Waals surface area contributed by atoms with Gasteiger partial charge in [0.15, 0.2) is 18.9 Å². The third kappa shape index (κ3) is 6.46. The Morgan fingerprint density at radius 3 is 2.03 bits per heavy atom. The normalized spacial score (nSPS) is 56.7. The van der Waals surface area contributed by atoms with Gasteiger partial charge in [0.2, 0.25) is 0 Å². The summed E-state index contributed by atoms with van der Waals surface area (Å²) in [5.74, 6) is 0.0865. The Labute approximate surface area is 374 Å². The number of hydrogen-bond donors (Lipinski definition) is 9. The predicted molar refractivity (Wildman–Crippen MR) is 222 cm³/mol. The molecule has 2 bridgehead atoms. The van der Waals surface area contributed by atoms with Crippen LogP contribution in [0.1, 0.15) is 107 Å². The first kappa shape index (κ1) is 47.4. The molecular formula is C47H72O17. The maximum absolute atomic E-state index is 13.8. The average molecular weight is 909 g/mol. The van der Waals surface area contributed by atoms with Crippen LogP contribution in [0.25, 0.3) is 0 Å². The van der Waals surface area contributed by atoms with Crippen molar-refractivity contribution >= 4 is 5.97 Å². The number of aliphatic hydroxyl groups is 9. The van der Waals surface area contributed by atoms with Gasteiger partial charge in [0.25, 0.3) is 0 Å². The Morgan fingerprint density at radius 2 is 1.36 bits per heavy atom. The van der Waals surface area contributed by atoms with Crippen LogP contribution in [0.3, 0.4) is 0 Å². The summed E-state index contributed by atoms with van der Waals surface area (Å²) in [6, 6.07) is 0. The number of hydrogen-bond acceptors (Lipinski definition) is 17. The molecular weight excluding hydrogens is 837 g/mol. The zero-order chi connectivity index (χ0) is 46.5. The van der Waals surface area contributed by atoms with Crippen LogP contribution >= 0.6 is 0 Å². The monoisotopic (exact) mass is 908 g/mol. The van der Waals surface area contributed by atoms with Crippen molar-refractivity contribution in [1.29, 1.82) is 0 Å². The van der Waals surface area contributed by atoms with E-state index in [-0.39, 0.29) is 40.7 Å². The fraction of sp³-hybridized carbons (Fsp3) is 0.894. The number of allylic oxidation sites excluding steroid dienone is 3. The first-order valence-corrected chi connectivity index (χ1v) is 23.5. The molecule has 5 heterocycles. The van der Waals surface area contributed by atoms with E-state index < -0.39 is 121 Å². The number of esters is 1. The van der Waals surface area contributed by atoms with Crippen LogP contribution < -0.4 is 0 Å². The SMILES string of the molecule is C[C@@H]1O[C@@H](O[C@H]2[C@H](O[C@H]3CC[C@]4(C)[C@H]5C=CC6=C7[C@@]8(CC[C@@](C)(OC8=O)[C@@]7(C)O)CC[C@@]6(C)[C@]5(C)CC[C@H]4C3(C)C)OC[C@@H](O)[C@@H]2O[C@@H]2O[C@H](CO)[C@@H](O)[C@H](O)[C@H]2O)[C@H](O)[C@H](O)[C@H]1O. The highest BCUT2D eigenvalue weighted by Gasteiger charge is 2.73. The highest BCUT2D eigenvalue weighted by atomic mass is 16.8. The van der Waals surface area contributed by atoms with Gasteiger partial charge in [-0.15, -0.1) is 0 Å². The van der Waals surface area contributed by atoms with E-state index in [9.17, 15) is 50.8 Å². The molecule has 1 spiro atoms. The number of ether oxygens (including phenoxy) is 7. The predicted octanol–water partition coefficient (Wildman–Crippen LogP) is 0.859. The molecule has 3 saturated carbocycles. The van der Waals surface area contributed by atoms with Gasteiger partial charge in [-0.1, -0.05) is 46.8 Å². The first-order chi connectivity index (χ1) is 29.8. The lowest BCUT2D eigenvalue weighted by molar-refractivity contribution is -0.388. The van der Waals surface area contributed by atoms with Crippen molar-refractivity contribution in [2.45, 2.75) is 210 Å². The number of carbonyl (C=O) groups excluding carboxylic acids is 1. The third-order valence-corrected chi connectivity index (χ3v) is 19.1. The highest BCUT2D eigenvalue weighted by molar-refractivity contribution is 5.86. The molecule has 5 aliphatic carbocycles. The van der Waals surface area contributed by atoms with Gasteiger partial charge >= 0.3 is 5.97 Å². The van der Waals surface area contributed by atoms with E-state index in [0.717, 1.165) is 36.8 Å². The molecule has 0 amide bonds. The van der Waals surface area contributed by atoms with Crippen LogP contribution in [0.2, 0.25) is 0 Å². The maximum atomic E-state index is 13.8. The lowest BCUT2D eigenvalue weighted by atomic mass is 9.35. The second-order valence-corrected chi connectivity index (χ2v) is 22.6. The minimum Gasteiger partial charge on any atom is -0.455 e. The number of rotatable bonds is 7. The van der Waals surface area contributed by atoms with E-state index >= 15 is 0 Å². The zero-order valence-corrected chi connectivity index (χ0v) is 38.3. The average Bonchev–Trinajstić information content (AvgIpc) is 3.23. The highest BCUT2D eigenvalue weighted by Crippen LogP contribution is 2.75. The fourth-order valence-electron chi connectivity index (χ4n) is 14.7. The number of carbonyl (C=O) groups is 1. The molecule has 0 radical (unpaired) electrons. The molecule has 5 saturated heterocycles. The molecule has 9 N–H and O–H groups in total. The van der Waals surface area contributed by atoms with E-state index in [1.807, 2.05) is 13.8 Å². The summed E-state index contributed by atoms with van der Waals surface area (Å²) in [5, 5.41) is 97.7. The van der Waals surface area contributed by atoms with Gasteiger partial charge in [-0.2, -0.15) is 0 Å². The van der Waals surface area contributed by atoms with Gasteiger partial charge in [-0.25, -0.2) is 0 Å². The van der Waals surface area contributed by atoms with Crippen LogP contribution in [0, 0.1) is 38.9 Å². The molecule has 362 valence electrons. The molecule has 10 rings (SSSR count). The van der Waals surface area contributed by atoms with Gasteiger partial charge in [0.05, 0.1) is 30.8 Å². The largest absolute Gasteiger partial charge is 0.455 e. The van der Waals surface area contributed by atoms with E-state index in [2.05, 4.69) is 46.8 Å². The summed E-state index contributed by atoms with van der Waals surface area (Å²) >= 11 is 0. The topological polar surface area (TPSA) is 264 Å². The van der Waals surface area contributed by atoms with Gasteiger partial charge in [0.1, 0.15) is 72.2 Å². The van der Waals surface area contributed by atoms with Gasteiger partial charge in [0, 0.05) is 0 Å². The minimum absolute atomic E-state index is 0.146. The van der Waals surface area contributed by atoms with Gasteiger partial charge in [-0.3, -0.25) is 4.79 Å². The first-order valence-electron chi connectivity index (χ1n) is 23.5. The molecule has 0 aromatic carbocycles. The Morgan fingerprint density at radius 1 is 0.719 bits per heavy atom. The van der Waals surface area contributed by atoms with E-state index in [0.29, 0.717) is 25.7 Å². The molecule has 8 fully saturated rings. The smallest absolute Gasteiger partial charge is 0.317 e. The molecule has 0 aromatic heterocycles. The van der Waals surface area contributed by atoms with Gasteiger partial charge < -0.3 is 79.1 Å². The minimum atomic E-state index is -1.81. The fourth-order valence-corrected chi connectivity index (χ4v) is 14.7. The van der Waals surface area contributed by atoms with E-state index in [4.69, 9.17) is 33.2 Å². The van der Waals surface area contributed by atoms with Crippen molar-refractivity contribution in [2.24, 2.45) is 38.9 Å². The second kappa shape index (κ2) is 15.7. The molecule has 10 aliphatic rings. The maximum Gasteiger partial charge on any atom is 0.317 e. The second-order valence-electron chi connectivity index (χ2n) is 22.6. The summed E-state index contributed by atoms with van der Waals surface area (Å²) in [6.07, 6.45) is -11.1. The summed E-state index contributed by atoms with van der Waals surface area (Å²) in [7, 11) is 0. The molecule has 23 atom stereocenters. The molecule has 17 nitrogen and oxygen atoms in total. The van der Waals surface area contributed by atoms with Crippen molar-refractivity contribution in [2.75, 3.05) is 13.2 Å². The lowest BCUT2D eigenvalue weighted by Crippen LogP contribution is -2.71. The Kier molecular flexibility index (Phi) is 11.6. The lowest BCUT2D eigenvalue weighted by Gasteiger charge is -2.71. The quantitative estimate of drug-likeness (QED) is 0.127. The summed E-state index contributed by atoms with van der Waals surface area (Å²) in [6.45, 7) is 15.7.